The number of thiocarbonyl (C=S) groups is 1. The maximum atomic E-state index is 12.3. The van der Waals surface area contributed by atoms with Gasteiger partial charge in [-0.25, -0.2) is 0 Å². The van der Waals surface area contributed by atoms with E-state index in [1.165, 1.54) is 0 Å². The van der Waals surface area contributed by atoms with Crippen LogP contribution in [-0.4, -0.2) is 30.3 Å². The molecular formula is C20H21IN2O3S. The van der Waals surface area contributed by atoms with Crippen molar-refractivity contribution in [3.8, 4) is 5.75 Å². The normalized spacial score (nSPS) is 16.0. The van der Waals surface area contributed by atoms with E-state index in [0.717, 1.165) is 40.0 Å². The molecule has 2 aromatic rings. The highest BCUT2D eigenvalue weighted by atomic mass is 127. The maximum absolute atomic E-state index is 12.3. The fourth-order valence-electron chi connectivity index (χ4n) is 2.67. The summed E-state index contributed by atoms with van der Waals surface area (Å²) < 4.78 is 12.3. The number of aryl methyl sites for hydroxylation is 1. The molecule has 1 atom stereocenters. The quantitative estimate of drug-likeness (QED) is 0.478. The highest BCUT2D eigenvalue weighted by Crippen LogP contribution is 2.18. The zero-order valence-corrected chi connectivity index (χ0v) is 17.9. The zero-order valence-electron chi connectivity index (χ0n) is 15.0. The van der Waals surface area contributed by atoms with Gasteiger partial charge in [0.2, 0.25) is 0 Å². The SMILES string of the molecule is Cc1ccc(C(=O)NC(=S)Nc2ccc(OCC3CCCO3)cc2)cc1I. The zero-order chi connectivity index (χ0) is 19.2. The first-order chi connectivity index (χ1) is 13.0. The third-order valence-electron chi connectivity index (χ3n) is 4.23. The van der Waals surface area contributed by atoms with Crippen LogP contribution in [0.4, 0.5) is 5.69 Å². The molecule has 1 unspecified atom stereocenters. The molecule has 27 heavy (non-hydrogen) atoms. The molecule has 3 rings (SSSR count). The van der Waals surface area contributed by atoms with Crippen LogP contribution in [0.3, 0.4) is 0 Å². The minimum atomic E-state index is -0.234. The van der Waals surface area contributed by atoms with Crippen LogP contribution < -0.4 is 15.4 Å². The monoisotopic (exact) mass is 496 g/mol. The first-order valence-electron chi connectivity index (χ1n) is 8.74. The molecule has 142 valence electrons. The fraction of sp³-hybridized carbons (Fsp3) is 0.300. The molecule has 1 amide bonds. The molecule has 2 aromatic carbocycles. The predicted octanol–water partition coefficient (Wildman–Crippen LogP) is 4.28. The number of amides is 1. The van der Waals surface area contributed by atoms with Crippen molar-refractivity contribution in [2.45, 2.75) is 25.9 Å². The Bertz CT molecular complexity index is 820. The molecule has 0 bridgehead atoms. The number of hydrogen-bond donors (Lipinski definition) is 2. The summed E-state index contributed by atoms with van der Waals surface area (Å²) in [5, 5.41) is 5.96. The molecule has 0 aromatic heterocycles. The van der Waals surface area contributed by atoms with Gasteiger partial charge in [-0.05, 0) is 96.5 Å². The van der Waals surface area contributed by atoms with E-state index >= 15 is 0 Å². The van der Waals surface area contributed by atoms with Crippen LogP contribution in [0.1, 0.15) is 28.8 Å². The van der Waals surface area contributed by atoms with Gasteiger partial charge >= 0.3 is 0 Å². The lowest BCUT2D eigenvalue weighted by atomic mass is 10.1. The number of carbonyl (C=O) groups is 1. The molecule has 2 N–H and O–H groups in total. The van der Waals surface area contributed by atoms with Gasteiger partial charge < -0.3 is 14.8 Å². The van der Waals surface area contributed by atoms with Crippen molar-refractivity contribution in [2.75, 3.05) is 18.5 Å². The topological polar surface area (TPSA) is 59.6 Å². The first-order valence-corrected chi connectivity index (χ1v) is 10.2. The van der Waals surface area contributed by atoms with E-state index in [-0.39, 0.29) is 17.1 Å². The van der Waals surface area contributed by atoms with Crippen molar-refractivity contribution in [2.24, 2.45) is 0 Å². The molecule has 1 aliphatic heterocycles. The number of hydrogen-bond acceptors (Lipinski definition) is 4. The second kappa shape index (κ2) is 9.48. The van der Waals surface area contributed by atoms with Crippen molar-refractivity contribution in [1.29, 1.82) is 0 Å². The van der Waals surface area contributed by atoms with E-state index in [0.29, 0.717) is 12.2 Å². The molecular weight excluding hydrogens is 475 g/mol. The van der Waals surface area contributed by atoms with Crippen LogP contribution in [0.25, 0.3) is 0 Å². The van der Waals surface area contributed by atoms with Gasteiger partial charge in [0, 0.05) is 21.4 Å². The summed E-state index contributed by atoms with van der Waals surface area (Å²) in [7, 11) is 0. The third-order valence-corrected chi connectivity index (χ3v) is 5.60. The lowest BCUT2D eigenvalue weighted by molar-refractivity contribution is 0.0679. The maximum Gasteiger partial charge on any atom is 0.257 e. The minimum Gasteiger partial charge on any atom is -0.491 e. The second-order valence-corrected chi connectivity index (χ2v) is 7.91. The molecule has 1 heterocycles. The van der Waals surface area contributed by atoms with Crippen molar-refractivity contribution in [1.82, 2.24) is 5.32 Å². The van der Waals surface area contributed by atoms with Gasteiger partial charge in [-0.15, -0.1) is 0 Å². The molecule has 0 aliphatic carbocycles. The number of halogens is 1. The number of benzene rings is 2. The van der Waals surface area contributed by atoms with E-state index in [4.69, 9.17) is 21.7 Å². The summed E-state index contributed by atoms with van der Waals surface area (Å²) >= 11 is 7.44. The Hall–Kier alpha value is -1.71. The van der Waals surface area contributed by atoms with Gasteiger partial charge in [0.05, 0.1) is 6.10 Å². The van der Waals surface area contributed by atoms with Crippen molar-refractivity contribution in [3.05, 3.63) is 57.2 Å². The van der Waals surface area contributed by atoms with Gasteiger partial charge in [-0.3, -0.25) is 10.1 Å². The Morgan fingerprint density at radius 2 is 2.07 bits per heavy atom. The second-order valence-electron chi connectivity index (χ2n) is 6.34. The van der Waals surface area contributed by atoms with Crippen LogP contribution in [0.15, 0.2) is 42.5 Å². The van der Waals surface area contributed by atoms with Gasteiger partial charge in [-0.2, -0.15) is 0 Å². The summed E-state index contributed by atoms with van der Waals surface area (Å²) in [6.45, 7) is 3.39. The summed E-state index contributed by atoms with van der Waals surface area (Å²) in [4.78, 5) is 12.3. The lowest BCUT2D eigenvalue weighted by Crippen LogP contribution is -2.34. The lowest BCUT2D eigenvalue weighted by Gasteiger charge is -2.13. The Morgan fingerprint density at radius 3 is 2.74 bits per heavy atom. The van der Waals surface area contributed by atoms with Gasteiger partial charge in [0.25, 0.3) is 5.91 Å². The molecule has 1 saturated heterocycles. The van der Waals surface area contributed by atoms with E-state index in [2.05, 4.69) is 33.2 Å². The number of rotatable bonds is 5. The Morgan fingerprint density at radius 1 is 1.30 bits per heavy atom. The van der Waals surface area contributed by atoms with Gasteiger partial charge in [-0.1, -0.05) is 6.07 Å². The van der Waals surface area contributed by atoms with Crippen molar-refractivity contribution >= 4 is 51.5 Å². The standard InChI is InChI=1S/C20H21IN2O3S/c1-13-4-5-14(11-18(13)21)19(24)23-20(27)22-15-6-8-16(9-7-15)26-12-17-3-2-10-25-17/h4-9,11,17H,2-3,10,12H2,1H3,(H2,22,23,24,27). The Labute approximate surface area is 178 Å². The van der Waals surface area contributed by atoms with Gasteiger partial charge in [0.15, 0.2) is 5.11 Å². The van der Waals surface area contributed by atoms with E-state index in [9.17, 15) is 4.79 Å². The van der Waals surface area contributed by atoms with Crippen molar-refractivity contribution < 1.29 is 14.3 Å². The largest absolute Gasteiger partial charge is 0.491 e. The summed E-state index contributed by atoms with van der Waals surface area (Å²) in [6.07, 6.45) is 2.34. The van der Waals surface area contributed by atoms with Crippen LogP contribution in [0.5, 0.6) is 5.75 Å². The molecule has 0 spiro atoms. The predicted molar refractivity (Wildman–Crippen MR) is 118 cm³/mol. The molecule has 0 saturated carbocycles. The van der Waals surface area contributed by atoms with Crippen LogP contribution in [0.2, 0.25) is 0 Å². The Balaban J connectivity index is 1.49. The Kier molecular flexibility index (Phi) is 7.03. The minimum absolute atomic E-state index is 0.190. The molecule has 1 aliphatic rings. The third kappa shape index (κ3) is 5.88. The smallest absolute Gasteiger partial charge is 0.257 e. The van der Waals surface area contributed by atoms with E-state index < -0.39 is 0 Å². The average molecular weight is 496 g/mol. The van der Waals surface area contributed by atoms with Gasteiger partial charge in [0.1, 0.15) is 12.4 Å². The number of anilines is 1. The van der Waals surface area contributed by atoms with Crippen molar-refractivity contribution in [3.63, 3.8) is 0 Å². The highest BCUT2D eigenvalue weighted by molar-refractivity contribution is 14.1. The van der Waals surface area contributed by atoms with Crippen LogP contribution >= 0.6 is 34.8 Å². The number of ether oxygens (including phenoxy) is 2. The first kappa shape index (κ1) is 20.0. The van der Waals surface area contributed by atoms with Crippen LogP contribution in [-0.2, 0) is 4.74 Å². The number of carbonyl (C=O) groups excluding carboxylic acids is 1. The molecule has 0 radical (unpaired) electrons. The summed E-state index contributed by atoms with van der Waals surface area (Å²) in [6, 6.07) is 13.0. The average Bonchev–Trinajstić information content (AvgIpc) is 3.17. The molecule has 1 fully saturated rings. The molecule has 7 heteroatoms. The number of nitrogens with one attached hydrogen (secondary N) is 2. The highest BCUT2D eigenvalue weighted by Gasteiger charge is 2.16. The van der Waals surface area contributed by atoms with E-state index in [1.807, 2.05) is 43.3 Å². The summed E-state index contributed by atoms with van der Waals surface area (Å²) in [5.74, 6) is 0.544. The van der Waals surface area contributed by atoms with E-state index in [1.54, 1.807) is 6.07 Å². The fourth-order valence-corrected chi connectivity index (χ4v) is 3.40. The van der Waals surface area contributed by atoms with Crippen LogP contribution in [0, 0.1) is 10.5 Å². The summed E-state index contributed by atoms with van der Waals surface area (Å²) in [5.41, 5.74) is 2.49. The molecule has 5 nitrogen and oxygen atoms in total.